The molecule has 0 aliphatic carbocycles. The second-order valence-electron chi connectivity index (χ2n) is 7.36. The van der Waals surface area contributed by atoms with Gasteiger partial charge in [-0.1, -0.05) is 29.8 Å². The molecule has 0 fully saturated rings. The number of hydrogen-bond donors (Lipinski definition) is 1. The lowest BCUT2D eigenvalue weighted by atomic mass is 10.2. The maximum atomic E-state index is 13.4. The molecule has 3 rings (SSSR count). The number of carbonyl (C=O) groups is 1. The van der Waals surface area contributed by atoms with Crippen LogP contribution in [0.4, 0.5) is 11.4 Å². The Kier molecular flexibility index (Phi) is 8.16. The van der Waals surface area contributed by atoms with Gasteiger partial charge in [-0.2, -0.15) is 5.10 Å². The van der Waals surface area contributed by atoms with Crippen molar-refractivity contribution in [3.05, 3.63) is 94.0 Å². The minimum absolute atomic E-state index is 0.0160. The van der Waals surface area contributed by atoms with Crippen LogP contribution >= 0.6 is 0 Å². The molecule has 1 amide bonds. The number of nitro groups is 1. The summed E-state index contributed by atoms with van der Waals surface area (Å²) < 4.78 is 33.2. The Balaban J connectivity index is 1.84. The second-order valence-corrected chi connectivity index (χ2v) is 9.22. The molecule has 0 unspecified atom stereocenters. The number of aryl methyl sites for hydroxylation is 1. The quantitative estimate of drug-likeness (QED) is 0.259. The van der Waals surface area contributed by atoms with Crippen molar-refractivity contribution in [2.24, 2.45) is 5.10 Å². The number of hydrazone groups is 1. The van der Waals surface area contributed by atoms with Gasteiger partial charge in [0.1, 0.15) is 12.3 Å². The number of benzene rings is 3. The van der Waals surface area contributed by atoms with Crippen LogP contribution in [0.2, 0.25) is 0 Å². The van der Waals surface area contributed by atoms with E-state index < -0.39 is 27.4 Å². The Morgan fingerprint density at radius 2 is 1.74 bits per heavy atom. The number of nitro benzene ring substituents is 1. The predicted octanol–water partition coefficient (Wildman–Crippen LogP) is 3.65. The smallest absolute Gasteiger partial charge is 0.278 e. The molecule has 0 atom stereocenters. The molecule has 0 heterocycles. The third-order valence-electron chi connectivity index (χ3n) is 4.86. The van der Waals surface area contributed by atoms with Crippen LogP contribution in [-0.4, -0.2) is 38.6 Å². The molecule has 1 N–H and O–H groups in total. The van der Waals surface area contributed by atoms with Crippen LogP contribution < -0.4 is 14.5 Å². The summed E-state index contributed by atoms with van der Waals surface area (Å²) in [6, 6.07) is 18.5. The van der Waals surface area contributed by atoms with E-state index in [2.05, 4.69) is 10.5 Å². The third kappa shape index (κ3) is 6.42. The Morgan fingerprint density at radius 3 is 2.37 bits per heavy atom. The first-order chi connectivity index (χ1) is 16.7. The van der Waals surface area contributed by atoms with Crippen LogP contribution in [-0.2, 0) is 14.8 Å². The molecule has 0 spiro atoms. The van der Waals surface area contributed by atoms with Gasteiger partial charge in [-0.3, -0.25) is 19.2 Å². The highest BCUT2D eigenvalue weighted by Crippen LogP contribution is 2.25. The Bertz CT molecular complexity index is 1320. The molecular formula is C24H24N4O6S. The van der Waals surface area contributed by atoms with E-state index in [-0.39, 0.29) is 16.1 Å². The first kappa shape index (κ1) is 25.4. The van der Waals surface area contributed by atoms with Crippen LogP contribution in [0, 0.1) is 17.0 Å². The molecule has 3 aromatic rings. The van der Waals surface area contributed by atoms with E-state index in [1.807, 2.05) is 13.8 Å². The van der Waals surface area contributed by atoms with E-state index in [9.17, 15) is 23.3 Å². The zero-order valence-electron chi connectivity index (χ0n) is 19.1. The van der Waals surface area contributed by atoms with Gasteiger partial charge in [0.15, 0.2) is 0 Å². The lowest BCUT2D eigenvalue weighted by molar-refractivity contribution is -0.385. The normalized spacial score (nSPS) is 11.3. The number of hydrogen-bond acceptors (Lipinski definition) is 7. The monoisotopic (exact) mass is 496 g/mol. The van der Waals surface area contributed by atoms with E-state index in [4.69, 9.17) is 4.74 Å². The zero-order chi connectivity index (χ0) is 25.4. The number of nitrogens with zero attached hydrogens (tertiary/aromatic N) is 3. The van der Waals surface area contributed by atoms with E-state index >= 15 is 0 Å². The van der Waals surface area contributed by atoms with Crippen LogP contribution in [0.5, 0.6) is 5.75 Å². The first-order valence-corrected chi connectivity index (χ1v) is 12.0. The second kappa shape index (κ2) is 11.3. The average Bonchev–Trinajstić information content (AvgIpc) is 2.84. The van der Waals surface area contributed by atoms with Gasteiger partial charge in [0.05, 0.1) is 33.9 Å². The van der Waals surface area contributed by atoms with Gasteiger partial charge in [-0.15, -0.1) is 0 Å². The fourth-order valence-corrected chi connectivity index (χ4v) is 4.55. The number of anilines is 1. The molecule has 0 aliphatic heterocycles. The molecule has 0 bridgehead atoms. The largest absolute Gasteiger partial charge is 0.494 e. The highest BCUT2D eigenvalue weighted by Gasteiger charge is 2.27. The molecule has 11 heteroatoms. The maximum Gasteiger partial charge on any atom is 0.278 e. The number of rotatable bonds is 10. The maximum absolute atomic E-state index is 13.4. The molecule has 0 aliphatic rings. The molecule has 10 nitrogen and oxygen atoms in total. The first-order valence-electron chi connectivity index (χ1n) is 10.6. The summed E-state index contributed by atoms with van der Waals surface area (Å²) in [6.07, 6.45) is 1.13. The van der Waals surface area contributed by atoms with Crippen molar-refractivity contribution in [3.63, 3.8) is 0 Å². The molecule has 0 saturated heterocycles. The highest BCUT2D eigenvalue weighted by atomic mass is 32.2. The summed E-state index contributed by atoms with van der Waals surface area (Å²) in [5.41, 5.74) is 3.47. The van der Waals surface area contributed by atoms with Crippen LogP contribution in [0.15, 0.2) is 82.8 Å². The topological polar surface area (TPSA) is 131 Å². The van der Waals surface area contributed by atoms with Gasteiger partial charge >= 0.3 is 0 Å². The fourth-order valence-electron chi connectivity index (χ4n) is 3.13. The number of carbonyl (C=O) groups excluding carboxylic acids is 1. The van der Waals surface area contributed by atoms with Crippen LogP contribution in [0.3, 0.4) is 0 Å². The molecule has 182 valence electrons. The van der Waals surface area contributed by atoms with Gasteiger partial charge in [0.2, 0.25) is 0 Å². The number of sulfonamides is 1. The summed E-state index contributed by atoms with van der Waals surface area (Å²) in [6.45, 7) is 3.56. The van der Waals surface area contributed by atoms with E-state index in [0.717, 1.165) is 16.1 Å². The van der Waals surface area contributed by atoms with Gasteiger partial charge < -0.3 is 4.74 Å². The lowest BCUT2D eigenvalue weighted by Crippen LogP contribution is -2.39. The lowest BCUT2D eigenvalue weighted by Gasteiger charge is -2.24. The SMILES string of the molecule is CCOc1ccc(S(=O)(=O)N(CC(=O)N/N=C\c2ccccc2[N+](=O)[O-])c2ccc(C)cc2)cc1. The summed E-state index contributed by atoms with van der Waals surface area (Å²) in [5, 5.41) is 14.9. The standard InChI is InChI=1S/C24H24N4O6S/c1-3-34-21-12-14-22(15-13-21)35(32,33)27(20-10-8-18(2)9-11-20)17-24(29)26-25-16-19-6-4-5-7-23(19)28(30)31/h4-16H,3,17H2,1-2H3,(H,26,29)/b25-16-. The van der Waals surface area contributed by atoms with Gasteiger partial charge in [-0.25, -0.2) is 13.8 Å². The number of para-hydroxylation sites is 1. The van der Waals surface area contributed by atoms with Crippen LogP contribution in [0.25, 0.3) is 0 Å². The van der Waals surface area contributed by atoms with E-state index in [1.54, 1.807) is 42.5 Å². The van der Waals surface area contributed by atoms with Crippen molar-refractivity contribution in [1.82, 2.24) is 5.43 Å². The molecule has 3 aromatic carbocycles. The minimum Gasteiger partial charge on any atom is -0.494 e. The molecule has 0 aromatic heterocycles. The molecule has 0 saturated carbocycles. The van der Waals surface area contributed by atoms with Crippen molar-refractivity contribution in [2.45, 2.75) is 18.7 Å². The number of ether oxygens (including phenoxy) is 1. The van der Waals surface area contributed by atoms with Gasteiger partial charge in [0.25, 0.3) is 21.6 Å². The Morgan fingerprint density at radius 1 is 1.09 bits per heavy atom. The highest BCUT2D eigenvalue weighted by molar-refractivity contribution is 7.92. The van der Waals surface area contributed by atoms with Crippen molar-refractivity contribution >= 4 is 33.5 Å². The molecule has 0 radical (unpaired) electrons. The summed E-state index contributed by atoms with van der Waals surface area (Å²) in [7, 11) is -4.11. The number of amides is 1. The molecular weight excluding hydrogens is 472 g/mol. The van der Waals surface area contributed by atoms with Gasteiger partial charge in [0, 0.05) is 6.07 Å². The summed E-state index contributed by atoms with van der Waals surface area (Å²) in [5.74, 6) is -0.203. The third-order valence-corrected chi connectivity index (χ3v) is 6.65. The van der Waals surface area contributed by atoms with Crippen LogP contribution in [0.1, 0.15) is 18.1 Å². The fraction of sp³-hybridized carbons (Fsp3) is 0.167. The van der Waals surface area contributed by atoms with E-state index in [1.165, 1.54) is 30.3 Å². The van der Waals surface area contributed by atoms with Gasteiger partial charge in [-0.05, 0) is 56.3 Å². The number of nitrogens with one attached hydrogen (secondary N) is 1. The van der Waals surface area contributed by atoms with E-state index in [0.29, 0.717) is 18.0 Å². The van der Waals surface area contributed by atoms with Crippen molar-refractivity contribution in [2.75, 3.05) is 17.5 Å². The van der Waals surface area contributed by atoms with Crippen molar-refractivity contribution in [1.29, 1.82) is 0 Å². The predicted molar refractivity (Wildman–Crippen MR) is 132 cm³/mol. The van der Waals surface area contributed by atoms with Crippen molar-refractivity contribution < 1.29 is 22.9 Å². The molecule has 35 heavy (non-hydrogen) atoms. The minimum atomic E-state index is -4.11. The zero-order valence-corrected chi connectivity index (χ0v) is 19.9. The van der Waals surface area contributed by atoms with Crippen molar-refractivity contribution in [3.8, 4) is 5.75 Å². The Labute approximate surface area is 203 Å². The summed E-state index contributed by atoms with van der Waals surface area (Å²) >= 11 is 0. The Hall–Kier alpha value is -4.25. The average molecular weight is 497 g/mol. The summed E-state index contributed by atoms with van der Waals surface area (Å²) in [4.78, 5) is 23.2.